The summed E-state index contributed by atoms with van der Waals surface area (Å²) in [6.07, 6.45) is -1.39. The molecule has 3 heterocycles. The summed E-state index contributed by atoms with van der Waals surface area (Å²) >= 11 is 1.31. The summed E-state index contributed by atoms with van der Waals surface area (Å²) in [6.45, 7) is 4.01. The second-order valence-electron chi connectivity index (χ2n) is 9.41. The van der Waals surface area contributed by atoms with E-state index in [0.717, 1.165) is 10.6 Å². The Balaban J connectivity index is 1.63. The fraction of sp³-hybridized carbons (Fsp3) is 0.522. The van der Waals surface area contributed by atoms with Crippen molar-refractivity contribution in [1.82, 2.24) is 14.6 Å². The third-order valence-electron chi connectivity index (χ3n) is 6.25. The van der Waals surface area contributed by atoms with Gasteiger partial charge in [0.2, 0.25) is 5.72 Å². The minimum absolute atomic E-state index is 0.159. The predicted octanol–water partition coefficient (Wildman–Crippen LogP) is 2.16. The normalized spacial score (nSPS) is 28.4. The molecule has 2 aromatic rings. The fourth-order valence-electron chi connectivity index (χ4n) is 4.27. The van der Waals surface area contributed by atoms with Crippen molar-refractivity contribution >= 4 is 25.5 Å². The van der Waals surface area contributed by atoms with Crippen LogP contribution >= 0.6 is 19.5 Å². The van der Waals surface area contributed by atoms with Gasteiger partial charge in [0.25, 0.3) is 5.56 Å². The van der Waals surface area contributed by atoms with E-state index in [-0.39, 0.29) is 5.75 Å². The van der Waals surface area contributed by atoms with E-state index in [1.165, 1.54) is 37.0 Å². The average Bonchev–Trinajstić information content (AvgIpc) is 3.12. The van der Waals surface area contributed by atoms with Gasteiger partial charge in [-0.15, -0.1) is 11.8 Å². The molecule has 0 bridgehead atoms. The number of ether oxygens (including phenoxy) is 2. The zero-order valence-corrected chi connectivity index (χ0v) is 23.1. The quantitative estimate of drug-likeness (QED) is 0.172. The average molecular weight is 584 g/mol. The van der Waals surface area contributed by atoms with E-state index in [0.29, 0.717) is 12.2 Å². The predicted molar refractivity (Wildman–Crippen MR) is 140 cm³/mol. The SMILES string of the molecule is CC(C)OC(=O)[C@H](C)NP(=O)(OC[C@@]1(N=N)O[C@@H](n2ccc(=O)[nH]c2=O)[C@@]2(CCS2)[C@@H]1O)Oc1ccccc1. The summed E-state index contributed by atoms with van der Waals surface area (Å²) < 4.78 is 36.4. The molecule has 1 spiro atoms. The van der Waals surface area contributed by atoms with E-state index >= 15 is 0 Å². The van der Waals surface area contributed by atoms with Crippen LogP contribution in [0.15, 0.2) is 57.3 Å². The van der Waals surface area contributed by atoms with E-state index in [9.17, 15) is 24.1 Å². The van der Waals surface area contributed by atoms with Gasteiger partial charge in [-0.3, -0.25) is 23.7 Å². The van der Waals surface area contributed by atoms with Crippen molar-refractivity contribution in [3.05, 3.63) is 63.4 Å². The third-order valence-corrected chi connectivity index (χ3v) is 9.45. The first kappa shape index (κ1) is 29.2. The molecule has 2 aliphatic rings. The van der Waals surface area contributed by atoms with Crippen molar-refractivity contribution in [3.8, 4) is 5.75 Å². The van der Waals surface area contributed by atoms with Gasteiger partial charge in [0.15, 0.2) is 6.23 Å². The Bertz CT molecular complexity index is 1370. The van der Waals surface area contributed by atoms with Crippen LogP contribution < -0.4 is 20.9 Å². The molecule has 1 aromatic heterocycles. The van der Waals surface area contributed by atoms with Crippen molar-refractivity contribution in [2.45, 2.75) is 62.1 Å². The monoisotopic (exact) mass is 583 g/mol. The Hall–Kier alpha value is -2.81. The molecule has 16 heteroatoms. The highest BCUT2D eigenvalue weighted by Crippen LogP contribution is 2.60. The molecule has 2 fully saturated rings. The largest absolute Gasteiger partial charge is 0.462 e. The van der Waals surface area contributed by atoms with Gasteiger partial charge in [0.1, 0.15) is 24.5 Å². The summed E-state index contributed by atoms with van der Waals surface area (Å²) in [5.74, 6) is 0.0902. The number of rotatable bonds is 11. The number of thioether (sulfide) groups is 1. The van der Waals surface area contributed by atoms with Crippen molar-refractivity contribution in [2.24, 2.45) is 5.11 Å². The standard InChI is InChI=1S/C23H30N5O9PS/c1-14(2)35-18(30)15(3)26-38(33,37-16-7-5-4-6-8-16)34-13-23(27-24)19(31)22(10-12-39-22)20(36-23)28-11-9-17(29)25-21(28)32/h4-9,11,14-15,19-20,24,31H,10,12-13H2,1-3H3,(H,26,33)(H,25,29,32)/t15-,19-,20+,22+,23+,38?/m0/s1. The molecule has 14 nitrogen and oxygen atoms in total. The number of carbonyl (C=O) groups is 1. The van der Waals surface area contributed by atoms with E-state index in [1.54, 1.807) is 32.0 Å². The summed E-state index contributed by atoms with van der Waals surface area (Å²) in [5.41, 5.74) is 4.42. The molecular formula is C23H30N5O9PS. The van der Waals surface area contributed by atoms with Gasteiger partial charge in [-0.2, -0.15) is 10.2 Å². The van der Waals surface area contributed by atoms with Crippen LogP contribution in [-0.2, 0) is 23.4 Å². The van der Waals surface area contributed by atoms with Gasteiger partial charge in [0, 0.05) is 12.3 Å². The molecule has 212 valence electrons. The number of carbonyl (C=O) groups excluding carboxylic acids is 1. The first-order valence-electron chi connectivity index (χ1n) is 12.1. The Morgan fingerprint density at radius 3 is 2.59 bits per heavy atom. The first-order chi connectivity index (χ1) is 18.4. The minimum atomic E-state index is -4.38. The lowest BCUT2D eigenvalue weighted by Gasteiger charge is -2.43. The number of aromatic nitrogens is 2. The number of para-hydroxylation sites is 1. The van der Waals surface area contributed by atoms with E-state index in [2.05, 4.69) is 15.2 Å². The maximum Gasteiger partial charge on any atom is 0.459 e. The van der Waals surface area contributed by atoms with Gasteiger partial charge in [-0.1, -0.05) is 18.2 Å². The third kappa shape index (κ3) is 5.88. The smallest absolute Gasteiger partial charge is 0.459 e. The maximum absolute atomic E-state index is 13.9. The van der Waals surface area contributed by atoms with Gasteiger partial charge in [-0.25, -0.2) is 14.9 Å². The number of benzene rings is 1. The second kappa shape index (κ2) is 11.4. The molecule has 1 unspecified atom stereocenters. The Morgan fingerprint density at radius 2 is 2.03 bits per heavy atom. The molecule has 1 aromatic carbocycles. The molecule has 0 radical (unpaired) electrons. The van der Waals surface area contributed by atoms with Crippen LogP contribution in [0, 0.1) is 5.53 Å². The summed E-state index contributed by atoms with van der Waals surface area (Å²) in [4.78, 5) is 38.7. The van der Waals surface area contributed by atoms with E-state index in [4.69, 9.17) is 24.1 Å². The molecular weight excluding hydrogens is 553 g/mol. The molecule has 0 aliphatic carbocycles. The fourth-order valence-corrected chi connectivity index (χ4v) is 7.11. The van der Waals surface area contributed by atoms with Crippen molar-refractivity contribution in [2.75, 3.05) is 12.4 Å². The topological polar surface area (TPSA) is 194 Å². The number of aliphatic hydroxyl groups excluding tert-OH is 1. The van der Waals surface area contributed by atoms with Gasteiger partial charge >= 0.3 is 19.4 Å². The van der Waals surface area contributed by atoms with Crippen molar-refractivity contribution < 1.29 is 33.0 Å². The zero-order chi connectivity index (χ0) is 28.4. The lowest BCUT2D eigenvalue weighted by Crippen LogP contribution is -2.55. The zero-order valence-electron chi connectivity index (χ0n) is 21.4. The van der Waals surface area contributed by atoms with E-state index in [1.807, 2.05) is 0 Å². The highest BCUT2D eigenvalue weighted by molar-refractivity contribution is 8.02. The second-order valence-corrected chi connectivity index (χ2v) is 12.6. The van der Waals surface area contributed by atoms with Crippen LogP contribution in [0.1, 0.15) is 33.4 Å². The van der Waals surface area contributed by atoms with Crippen LogP contribution in [0.2, 0.25) is 0 Å². The highest BCUT2D eigenvalue weighted by Gasteiger charge is 2.68. The number of aromatic amines is 1. The van der Waals surface area contributed by atoms with Crippen LogP contribution in [0.25, 0.3) is 0 Å². The maximum atomic E-state index is 13.9. The Labute approximate surface area is 227 Å². The summed E-state index contributed by atoms with van der Waals surface area (Å²) in [7, 11) is -4.38. The molecule has 0 amide bonds. The molecule has 4 rings (SSSR count). The summed E-state index contributed by atoms with van der Waals surface area (Å²) in [5, 5.41) is 17.4. The van der Waals surface area contributed by atoms with Gasteiger partial charge in [0.05, 0.1) is 10.9 Å². The lowest BCUT2D eigenvalue weighted by molar-refractivity contribution is -0.149. The number of nitrogens with one attached hydrogen (secondary N) is 3. The van der Waals surface area contributed by atoms with Crippen LogP contribution in [0.3, 0.4) is 0 Å². The number of aliphatic hydroxyl groups is 1. The molecule has 4 N–H and O–H groups in total. The number of hydrogen-bond acceptors (Lipinski definition) is 12. The molecule has 2 aliphatic heterocycles. The number of nitrogens with zero attached hydrogens (tertiary/aromatic N) is 2. The van der Waals surface area contributed by atoms with Crippen LogP contribution in [0.5, 0.6) is 5.75 Å². The first-order valence-corrected chi connectivity index (χ1v) is 14.6. The molecule has 6 atom stereocenters. The highest BCUT2D eigenvalue weighted by atomic mass is 32.2. The number of esters is 1. The molecule has 0 saturated carbocycles. The summed E-state index contributed by atoms with van der Waals surface area (Å²) in [6, 6.07) is 8.07. The van der Waals surface area contributed by atoms with Crippen molar-refractivity contribution in [1.29, 1.82) is 5.53 Å². The lowest BCUT2D eigenvalue weighted by atomic mass is 9.91. The van der Waals surface area contributed by atoms with Gasteiger partial charge in [-0.05, 0) is 45.1 Å². The Kier molecular flexibility index (Phi) is 8.50. The van der Waals surface area contributed by atoms with Crippen LogP contribution in [0.4, 0.5) is 0 Å². The number of hydrogen-bond donors (Lipinski definition) is 4. The van der Waals surface area contributed by atoms with Crippen molar-refractivity contribution in [3.63, 3.8) is 0 Å². The molecule has 2 saturated heterocycles. The number of H-pyrrole nitrogens is 1. The van der Waals surface area contributed by atoms with E-state index < -0.39 is 66.5 Å². The minimum Gasteiger partial charge on any atom is -0.462 e. The Morgan fingerprint density at radius 1 is 1.33 bits per heavy atom. The van der Waals surface area contributed by atoms with Crippen LogP contribution in [-0.4, -0.2) is 61.7 Å². The van der Waals surface area contributed by atoms with Gasteiger partial charge < -0.3 is 19.1 Å². The molecule has 39 heavy (non-hydrogen) atoms.